The summed E-state index contributed by atoms with van der Waals surface area (Å²) in [5.74, 6) is -0.323. The van der Waals surface area contributed by atoms with E-state index in [4.69, 9.17) is 17.3 Å². The van der Waals surface area contributed by atoms with Crippen molar-refractivity contribution in [2.24, 2.45) is 11.7 Å². The van der Waals surface area contributed by atoms with Gasteiger partial charge in [0.25, 0.3) is 5.91 Å². The maximum absolute atomic E-state index is 11.7. The first-order valence-corrected chi connectivity index (χ1v) is 8.40. The Morgan fingerprint density at radius 3 is 2.82 bits per heavy atom. The minimum Gasteiger partial charge on any atom is -0.390 e. The molecule has 0 aliphatic heterocycles. The highest BCUT2D eigenvalue weighted by Crippen LogP contribution is 2.42. The second-order valence-electron chi connectivity index (χ2n) is 6.51. The molecule has 22 heavy (non-hydrogen) atoms. The number of carbonyl (C=O) groups excluding carboxylic acids is 1. The van der Waals surface area contributed by atoms with Crippen LogP contribution in [0.4, 0.5) is 0 Å². The van der Waals surface area contributed by atoms with Gasteiger partial charge in [-0.3, -0.25) is 4.79 Å². The molecule has 1 aliphatic carbocycles. The highest BCUT2D eigenvalue weighted by atomic mass is 79.9. The fourth-order valence-electron chi connectivity index (χ4n) is 3.33. The first-order chi connectivity index (χ1) is 10.2. The summed E-state index contributed by atoms with van der Waals surface area (Å²) in [4.78, 5) is 15.0. The van der Waals surface area contributed by atoms with Gasteiger partial charge in [-0.15, -0.1) is 0 Å². The van der Waals surface area contributed by atoms with Crippen LogP contribution in [0.15, 0.2) is 10.5 Å². The summed E-state index contributed by atoms with van der Waals surface area (Å²) in [5.41, 5.74) is 8.10. The number of aliphatic hydroxyl groups is 1. The van der Waals surface area contributed by atoms with Crippen LogP contribution in [-0.4, -0.2) is 21.6 Å². The Morgan fingerprint density at radius 1 is 1.55 bits per heavy atom. The maximum atomic E-state index is 11.7. The molecule has 118 valence electrons. The Bertz CT molecular complexity index is 777. The van der Waals surface area contributed by atoms with Gasteiger partial charge in [0, 0.05) is 15.6 Å². The van der Waals surface area contributed by atoms with Crippen LogP contribution in [0, 0.1) is 5.92 Å². The Hall–Kier alpha value is -1.04. The zero-order valence-electron chi connectivity index (χ0n) is 12.5. The number of aromatic amines is 1. The lowest BCUT2D eigenvalue weighted by Crippen LogP contribution is -2.34. The monoisotopic (exact) mass is 384 g/mol. The third-order valence-corrected chi connectivity index (χ3v) is 5.97. The third-order valence-electron chi connectivity index (χ3n) is 4.62. The van der Waals surface area contributed by atoms with E-state index in [0.717, 1.165) is 45.9 Å². The topological polar surface area (TPSA) is 79.1 Å². The fourth-order valence-corrected chi connectivity index (χ4v) is 4.09. The number of halogens is 2. The molecule has 1 aromatic carbocycles. The Labute approximate surface area is 142 Å². The summed E-state index contributed by atoms with van der Waals surface area (Å²) in [6, 6.07) is 1.59. The molecular formula is C16H18BrClN2O2. The zero-order valence-corrected chi connectivity index (χ0v) is 14.8. The van der Waals surface area contributed by atoms with Crippen molar-refractivity contribution >= 4 is 44.3 Å². The number of carbonyl (C=O) groups is 1. The number of H-pyrrole nitrogens is 1. The number of fused-ring (bicyclic) bond motifs is 3. The van der Waals surface area contributed by atoms with E-state index < -0.39 is 11.5 Å². The second-order valence-corrected chi connectivity index (χ2v) is 7.71. The van der Waals surface area contributed by atoms with Crippen molar-refractivity contribution < 1.29 is 9.90 Å². The van der Waals surface area contributed by atoms with Crippen molar-refractivity contribution in [1.82, 2.24) is 4.98 Å². The van der Waals surface area contributed by atoms with Gasteiger partial charge >= 0.3 is 0 Å². The van der Waals surface area contributed by atoms with Crippen LogP contribution in [0.1, 0.15) is 41.9 Å². The number of aromatic nitrogens is 1. The smallest absolute Gasteiger partial charge is 0.250 e. The van der Waals surface area contributed by atoms with Gasteiger partial charge in [-0.2, -0.15) is 0 Å². The summed E-state index contributed by atoms with van der Waals surface area (Å²) in [6.45, 7) is 3.68. The summed E-state index contributed by atoms with van der Waals surface area (Å²) in [6.07, 6.45) is 2.48. The fraction of sp³-hybridized carbons (Fsp3) is 0.438. The van der Waals surface area contributed by atoms with Gasteiger partial charge < -0.3 is 15.8 Å². The predicted octanol–water partition coefficient (Wildman–Crippen LogP) is 3.56. The third kappa shape index (κ3) is 2.45. The van der Waals surface area contributed by atoms with E-state index in [1.54, 1.807) is 6.07 Å². The highest BCUT2D eigenvalue weighted by molar-refractivity contribution is 9.10. The lowest BCUT2D eigenvalue weighted by atomic mass is 9.78. The van der Waals surface area contributed by atoms with E-state index in [0.29, 0.717) is 10.6 Å². The van der Waals surface area contributed by atoms with E-state index in [1.807, 2.05) is 13.8 Å². The summed E-state index contributed by atoms with van der Waals surface area (Å²) >= 11 is 9.75. The van der Waals surface area contributed by atoms with E-state index in [2.05, 4.69) is 20.9 Å². The van der Waals surface area contributed by atoms with E-state index in [1.165, 1.54) is 0 Å². The Morgan fingerprint density at radius 2 is 2.23 bits per heavy atom. The molecule has 2 aromatic rings. The van der Waals surface area contributed by atoms with Crippen LogP contribution < -0.4 is 5.73 Å². The quantitative estimate of drug-likeness (QED) is 0.739. The molecule has 0 spiro atoms. The molecule has 1 unspecified atom stereocenters. The van der Waals surface area contributed by atoms with Crippen molar-refractivity contribution in [2.45, 2.75) is 38.7 Å². The van der Waals surface area contributed by atoms with Crippen molar-refractivity contribution in [3.05, 3.63) is 32.4 Å². The lowest BCUT2D eigenvalue weighted by Gasteiger charge is -2.32. The predicted molar refractivity (Wildman–Crippen MR) is 91.3 cm³/mol. The van der Waals surface area contributed by atoms with Gasteiger partial charge in [0.05, 0.1) is 21.7 Å². The molecule has 6 heteroatoms. The standard InChI is InChI=1S/C16H18BrClN2O2/c1-16(2,22)7-3-4-8-11(5-7)20-14-9(15(19)21)6-10(18)13(17)12(8)14/h6-7,20,22H,3-5H2,1-2H3,(H2,19,21). The molecule has 4 N–H and O–H groups in total. The lowest BCUT2D eigenvalue weighted by molar-refractivity contribution is 0.0107. The van der Waals surface area contributed by atoms with Gasteiger partial charge in [0.1, 0.15) is 0 Å². The van der Waals surface area contributed by atoms with Gasteiger partial charge in [-0.25, -0.2) is 0 Å². The van der Waals surface area contributed by atoms with Crippen LogP contribution in [0.5, 0.6) is 0 Å². The van der Waals surface area contributed by atoms with Gasteiger partial charge in [0.2, 0.25) is 0 Å². The van der Waals surface area contributed by atoms with Crippen molar-refractivity contribution in [1.29, 1.82) is 0 Å². The number of nitrogens with two attached hydrogens (primary N) is 1. The molecule has 1 aromatic heterocycles. The van der Waals surface area contributed by atoms with Crippen LogP contribution in [-0.2, 0) is 12.8 Å². The molecule has 1 atom stereocenters. The second kappa shape index (κ2) is 5.25. The SMILES string of the molecule is CC(C)(O)C1CCc2c([nH]c3c(C(N)=O)cc(Cl)c(Br)c23)C1. The Balaban J connectivity index is 2.22. The molecule has 0 saturated heterocycles. The van der Waals surface area contributed by atoms with Crippen LogP contribution in [0.2, 0.25) is 5.02 Å². The largest absolute Gasteiger partial charge is 0.390 e. The average Bonchev–Trinajstić information content (AvgIpc) is 2.79. The van der Waals surface area contributed by atoms with E-state index in [-0.39, 0.29) is 5.92 Å². The average molecular weight is 386 g/mol. The number of benzene rings is 1. The molecule has 4 nitrogen and oxygen atoms in total. The number of amides is 1. The number of nitrogens with one attached hydrogen (secondary N) is 1. The molecule has 1 heterocycles. The molecule has 0 fully saturated rings. The summed E-state index contributed by atoms with van der Waals surface area (Å²) < 4.78 is 0.786. The van der Waals surface area contributed by atoms with E-state index in [9.17, 15) is 9.90 Å². The van der Waals surface area contributed by atoms with Crippen LogP contribution in [0.25, 0.3) is 10.9 Å². The zero-order chi connectivity index (χ0) is 16.2. The normalized spacial score (nSPS) is 18.5. The van der Waals surface area contributed by atoms with Gasteiger partial charge in [-0.05, 0) is 66.6 Å². The highest BCUT2D eigenvalue weighted by Gasteiger charge is 2.33. The first kappa shape index (κ1) is 15.8. The number of hydrogen-bond acceptors (Lipinski definition) is 2. The van der Waals surface area contributed by atoms with Gasteiger partial charge in [-0.1, -0.05) is 11.6 Å². The molecule has 1 amide bonds. The van der Waals surface area contributed by atoms with Crippen molar-refractivity contribution in [2.75, 3.05) is 0 Å². The molecule has 0 radical (unpaired) electrons. The molecule has 0 bridgehead atoms. The molecular weight excluding hydrogens is 368 g/mol. The van der Waals surface area contributed by atoms with E-state index >= 15 is 0 Å². The molecule has 1 aliphatic rings. The van der Waals surface area contributed by atoms with Crippen molar-refractivity contribution in [3.63, 3.8) is 0 Å². The van der Waals surface area contributed by atoms with Crippen LogP contribution >= 0.6 is 27.5 Å². The molecule has 3 rings (SSSR count). The van der Waals surface area contributed by atoms with Crippen molar-refractivity contribution in [3.8, 4) is 0 Å². The number of hydrogen-bond donors (Lipinski definition) is 3. The summed E-state index contributed by atoms with van der Waals surface area (Å²) in [5, 5.41) is 11.7. The number of rotatable bonds is 2. The first-order valence-electron chi connectivity index (χ1n) is 7.23. The maximum Gasteiger partial charge on any atom is 0.250 e. The minimum atomic E-state index is -0.726. The number of aryl methyl sites for hydroxylation is 1. The van der Waals surface area contributed by atoms with Gasteiger partial charge in [0.15, 0.2) is 0 Å². The minimum absolute atomic E-state index is 0.180. The Kier molecular flexibility index (Phi) is 3.78. The summed E-state index contributed by atoms with van der Waals surface area (Å²) in [7, 11) is 0. The molecule has 0 saturated carbocycles. The van der Waals surface area contributed by atoms with Crippen LogP contribution in [0.3, 0.4) is 0 Å². The number of primary amides is 1.